The van der Waals surface area contributed by atoms with Crippen LogP contribution in [-0.4, -0.2) is 26.9 Å². The lowest BCUT2D eigenvalue weighted by Crippen LogP contribution is -2.40. The van der Waals surface area contributed by atoms with Crippen LogP contribution in [0.15, 0.2) is 0 Å². The van der Waals surface area contributed by atoms with Gasteiger partial charge in [0.1, 0.15) is 6.04 Å². The molecule has 0 aromatic rings. The topological polar surface area (TPSA) is 66.4 Å². The number of halogens is 1. The zero-order chi connectivity index (χ0) is 10.4. The van der Waals surface area contributed by atoms with E-state index in [-0.39, 0.29) is 9.83 Å². The van der Waals surface area contributed by atoms with Crippen molar-refractivity contribution in [2.24, 2.45) is 0 Å². The highest BCUT2D eigenvalue weighted by atomic mass is 127. The molecule has 0 saturated carbocycles. The zero-order valence-corrected chi connectivity index (χ0v) is 9.87. The van der Waals surface area contributed by atoms with Crippen LogP contribution in [0.5, 0.6) is 0 Å². The standard InChI is InChI=1S/C8H14INO3/c1-5(2)10-6(8(12)13)3-4-7(9)11/h5-6,10H,3-4H2,1-2H3,(H,12,13)/t6-/m1/s1. The molecule has 0 aliphatic carbocycles. The van der Waals surface area contributed by atoms with Gasteiger partial charge in [-0.25, -0.2) is 0 Å². The Labute approximate surface area is 91.2 Å². The van der Waals surface area contributed by atoms with Crippen LogP contribution < -0.4 is 5.32 Å². The van der Waals surface area contributed by atoms with Crippen molar-refractivity contribution in [3.8, 4) is 0 Å². The van der Waals surface area contributed by atoms with Gasteiger partial charge in [-0.1, -0.05) is 13.8 Å². The smallest absolute Gasteiger partial charge is 0.320 e. The van der Waals surface area contributed by atoms with Gasteiger partial charge in [0.25, 0.3) is 0 Å². The Balaban J connectivity index is 3.95. The summed E-state index contributed by atoms with van der Waals surface area (Å²) in [6, 6.07) is -0.496. The van der Waals surface area contributed by atoms with E-state index < -0.39 is 12.0 Å². The molecule has 0 bridgehead atoms. The Morgan fingerprint density at radius 3 is 2.31 bits per heavy atom. The molecule has 0 saturated heterocycles. The highest BCUT2D eigenvalue weighted by Crippen LogP contribution is 2.03. The summed E-state index contributed by atoms with van der Waals surface area (Å²) in [5.74, 6) is -0.897. The molecule has 0 spiro atoms. The predicted octanol–water partition coefficient (Wildman–Crippen LogP) is 1.18. The van der Waals surface area contributed by atoms with Crippen molar-refractivity contribution in [2.45, 2.75) is 38.8 Å². The second-order valence-electron chi connectivity index (χ2n) is 3.11. The number of carbonyl (C=O) groups excluding carboxylic acids is 1. The van der Waals surface area contributed by atoms with Crippen LogP contribution in [0.2, 0.25) is 0 Å². The van der Waals surface area contributed by atoms with Crippen LogP contribution in [0.1, 0.15) is 26.7 Å². The average Bonchev–Trinajstić information content (AvgIpc) is 1.96. The largest absolute Gasteiger partial charge is 0.480 e. The first-order valence-electron chi connectivity index (χ1n) is 4.10. The molecule has 0 amide bonds. The molecule has 4 nitrogen and oxygen atoms in total. The van der Waals surface area contributed by atoms with Crippen molar-refractivity contribution in [1.82, 2.24) is 5.32 Å². The SMILES string of the molecule is CC(C)N[C@H](CCC(=O)I)C(=O)O. The van der Waals surface area contributed by atoms with E-state index in [1.165, 1.54) is 0 Å². The molecule has 5 heteroatoms. The maximum absolute atomic E-state index is 10.7. The van der Waals surface area contributed by atoms with Crippen molar-refractivity contribution >= 4 is 32.4 Å². The van der Waals surface area contributed by atoms with Crippen molar-refractivity contribution in [3.05, 3.63) is 0 Å². The summed E-state index contributed by atoms with van der Waals surface area (Å²) in [6.45, 7) is 3.75. The van der Waals surface area contributed by atoms with E-state index in [0.717, 1.165) is 0 Å². The molecule has 0 aromatic heterocycles. The van der Waals surface area contributed by atoms with Gasteiger partial charge in [-0.3, -0.25) is 9.59 Å². The molecule has 0 aromatic carbocycles. The van der Waals surface area contributed by atoms with Gasteiger partial charge in [-0.2, -0.15) is 0 Å². The van der Waals surface area contributed by atoms with E-state index in [4.69, 9.17) is 5.11 Å². The number of carboxylic acids is 1. The van der Waals surface area contributed by atoms with Gasteiger partial charge in [0.05, 0.1) is 0 Å². The second-order valence-corrected chi connectivity index (χ2v) is 4.31. The first-order chi connectivity index (χ1) is 5.93. The molecule has 0 fully saturated rings. The molecule has 0 aliphatic heterocycles. The van der Waals surface area contributed by atoms with Crippen LogP contribution in [0.25, 0.3) is 0 Å². The van der Waals surface area contributed by atoms with E-state index >= 15 is 0 Å². The van der Waals surface area contributed by atoms with E-state index in [2.05, 4.69) is 5.32 Å². The molecule has 0 heterocycles. The minimum absolute atomic E-state index is 0.00518. The second kappa shape index (κ2) is 6.31. The fourth-order valence-electron chi connectivity index (χ4n) is 0.938. The Hall–Kier alpha value is -0.170. The fourth-order valence-corrected chi connectivity index (χ4v) is 1.25. The van der Waals surface area contributed by atoms with Gasteiger partial charge in [0, 0.05) is 12.5 Å². The number of rotatable bonds is 6. The lowest BCUT2D eigenvalue weighted by molar-refractivity contribution is -0.139. The highest BCUT2D eigenvalue weighted by molar-refractivity contribution is 14.1. The third-order valence-corrected chi connectivity index (χ3v) is 2.00. The van der Waals surface area contributed by atoms with Crippen molar-refractivity contribution in [2.75, 3.05) is 0 Å². The Morgan fingerprint density at radius 2 is 2.00 bits per heavy atom. The van der Waals surface area contributed by atoms with Crippen molar-refractivity contribution < 1.29 is 14.7 Å². The lowest BCUT2D eigenvalue weighted by Gasteiger charge is -2.15. The van der Waals surface area contributed by atoms with Crippen LogP contribution in [0, 0.1) is 0 Å². The molecule has 1 atom stereocenters. The van der Waals surface area contributed by atoms with Gasteiger partial charge in [0.15, 0.2) is 3.79 Å². The monoisotopic (exact) mass is 299 g/mol. The van der Waals surface area contributed by atoms with Crippen molar-refractivity contribution in [3.63, 3.8) is 0 Å². The normalized spacial score (nSPS) is 12.9. The number of carbonyl (C=O) groups is 2. The van der Waals surface area contributed by atoms with Crippen LogP contribution in [0.4, 0.5) is 0 Å². The molecular weight excluding hydrogens is 285 g/mol. The predicted molar refractivity (Wildman–Crippen MR) is 58.0 cm³/mol. The minimum Gasteiger partial charge on any atom is -0.480 e. The van der Waals surface area contributed by atoms with E-state index in [0.29, 0.717) is 12.8 Å². The Morgan fingerprint density at radius 1 is 1.46 bits per heavy atom. The Kier molecular flexibility index (Phi) is 6.23. The lowest BCUT2D eigenvalue weighted by atomic mass is 10.1. The maximum Gasteiger partial charge on any atom is 0.320 e. The first kappa shape index (κ1) is 12.8. The molecule has 13 heavy (non-hydrogen) atoms. The highest BCUT2D eigenvalue weighted by Gasteiger charge is 2.18. The van der Waals surface area contributed by atoms with Crippen LogP contribution in [-0.2, 0) is 9.59 Å². The number of carboxylic acid groups (broad SMARTS) is 1. The van der Waals surface area contributed by atoms with E-state index in [9.17, 15) is 9.59 Å². The summed E-state index contributed by atoms with van der Waals surface area (Å²) in [6.07, 6.45) is 0.659. The van der Waals surface area contributed by atoms with Gasteiger partial charge in [-0.05, 0) is 29.0 Å². The number of nitrogens with one attached hydrogen (secondary N) is 1. The molecule has 0 aliphatic rings. The molecule has 0 unspecified atom stereocenters. The average molecular weight is 299 g/mol. The van der Waals surface area contributed by atoms with Crippen molar-refractivity contribution in [1.29, 1.82) is 0 Å². The zero-order valence-electron chi connectivity index (χ0n) is 7.71. The summed E-state index contributed by atoms with van der Waals surface area (Å²) >= 11 is 1.67. The summed E-state index contributed by atoms with van der Waals surface area (Å²) in [5, 5.41) is 11.6. The molecule has 2 N–H and O–H groups in total. The third kappa shape index (κ3) is 6.94. The summed E-state index contributed by atoms with van der Waals surface area (Å²) < 4.78 is -0.00518. The maximum atomic E-state index is 10.7. The summed E-state index contributed by atoms with van der Waals surface area (Å²) in [4.78, 5) is 21.3. The number of hydrogen-bond acceptors (Lipinski definition) is 3. The van der Waals surface area contributed by atoms with Gasteiger partial charge in [-0.15, -0.1) is 0 Å². The molecule has 0 radical (unpaired) electrons. The number of aliphatic carboxylic acids is 1. The van der Waals surface area contributed by atoms with E-state index in [1.807, 2.05) is 13.8 Å². The van der Waals surface area contributed by atoms with Gasteiger partial charge < -0.3 is 10.4 Å². The molecule has 0 rings (SSSR count). The van der Waals surface area contributed by atoms with Crippen LogP contribution >= 0.6 is 22.6 Å². The van der Waals surface area contributed by atoms with Gasteiger partial charge >= 0.3 is 5.97 Å². The quantitative estimate of drug-likeness (QED) is 0.571. The molecular formula is C8H14INO3. The van der Waals surface area contributed by atoms with Crippen LogP contribution in [0.3, 0.4) is 0 Å². The summed E-state index contributed by atoms with van der Waals surface area (Å²) in [7, 11) is 0. The Bertz CT molecular complexity index is 194. The minimum atomic E-state index is -0.897. The molecule has 76 valence electrons. The van der Waals surface area contributed by atoms with E-state index in [1.54, 1.807) is 22.6 Å². The number of hydrogen-bond donors (Lipinski definition) is 2. The summed E-state index contributed by atoms with van der Waals surface area (Å²) in [5.41, 5.74) is 0. The van der Waals surface area contributed by atoms with Gasteiger partial charge in [0.2, 0.25) is 0 Å². The third-order valence-electron chi connectivity index (χ3n) is 1.46. The first-order valence-corrected chi connectivity index (χ1v) is 5.18. The fraction of sp³-hybridized carbons (Fsp3) is 0.750.